The van der Waals surface area contributed by atoms with Gasteiger partial charge in [-0.05, 0) is 130 Å². The molecule has 0 saturated carbocycles. The minimum atomic E-state index is -0.903. The second-order valence-electron chi connectivity index (χ2n) is 19.7. The Kier molecular flexibility index (Phi) is 15.6. The Bertz CT molecular complexity index is 2380. The molecular formula is C63H75NO2. The quantitative estimate of drug-likeness (QED) is 0.0583. The Labute approximate surface area is 397 Å². The average molecular weight is 878 g/mol. The van der Waals surface area contributed by atoms with Crippen molar-refractivity contribution in [1.82, 2.24) is 0 Å². The fourth-order valence-electron chi connectivity index (χ4n) is 12.0. The van der Waals surface area contributed by atoms with Crippen molar-refractivity contribution in [2.45, 2.75) is 167 Å². The van der Waals surface area contributed by atoms with Gasteiger partial charge in [0.1, 0.15) is 0 Å². The van der Waals surface area contributed by atoms with Gasteiger partial charge in [-0.15, -0.1) is 0 Å². The smallest absolute Gasteiger partial charge is 0.335 e. The lowest BCUT2D eigenvalue weighted by Gasteiger charge is -2.35. The van der Waals surface area contributed by atoms with E-state index in [4.69, 9.17) is 0 Å². The van der Waals surface area contributed by atoms with Gasteiger partial charge in [-0.25, -0.2) is 4.79 Å². The highest BCUT2D eigenvalue weighted by atomic mass is 16.4. The first-order valence-corrected chi connectivity index (χ1v) is 26.1. The zero-order chi connectivity index (χ0) is 45.9. The molecule has 6 aromatic rings. The van der Waals surface area contributed by atoms with Crippen molar-refractivity contribution in [3.63, 3.8) is 0 Å². The van der Waals surface area contributed by atoms with Crippen LogP contribution < -0.4 is 4.90 Å². The van der Waals surface area contributed by atoms with E-state index in [0.717, 1.165) is 16.8 Å². The monoisotopic (exact) mass is 878 g/mol. The van der Waals surface area contributed by atoms with Crippen LogP contribution in [0.15, 0.2) is 133 Å². The summed E-state index contributed by atoms with van der Waals surface area (Å²) in [4.78, 5) is 14.2. The molecule has 344 valence electrons. The number of fused-ring (bicyclic) bond motifs is 6. The van der Waals surface area contributed by atoms with Crippen LogP contribution in [0, 0.1) is 0 Å². The number of aromatic carboxylic acids is 1. The molecule has 0 radical (unpaired) electrons. The maximum Gasteiger partial charge on any atom is 0.335 e. The predicted molar refractivity (Wildman–Crippen MR) is 281 cm³/mol. The summed E-state index contributed by atoms with van der Waals surface area (Å²) in [6.45, 7) is 9.29. The number of carboxylic acid groups (broad SMARTS) is 1. The SMILES string of the molecule is CCCCCCC1(CCCCCC)c2ccccc2-c2ccc(N(c3ccc(-c4ccc(C(=O)O)cc4)cc3)c3ccc4c(c3)C(CCCCCC)(CCCCCC)c3ccccc3-4)cc21. The molecule has 0 unspecified atom stereocenters. The van der Waals surface area contributed by atoms with E-state index in [1.807, 2.05) is 12.1 Å². The van der Waals surface area contributed by atoms with Gasteiger partial charge in [0.25, 0.3) is 0 Å². The van der Waals surface area contributed by atoms with E-state index in [1.54, 1.807) is 12.1 Å². The van der Waals surface area contributed by atoms with Crippen LogP contribution in [0.1, 0.15) is 189 Å². The molecule has 2 aliphatic carbocycles. The summed E-state index contributed by atoms with van der Waals surface area (Å²) >= 11 is 0. The fourth-order valence-corrected chi connectivity index (χ4v) is 12.0. The summed E-state index contributed by atoms with van der Waals surface area (Å²) in [5.74, 6) is -0.903. The molecule has 2 aliphatic rings. The molecule has 0 aromatic heterocycles. The largest absolute Gasteiger partial charge is 0.478 e. The average Bonchev–Trinajstić information content (AvgIpc) is 3.78. The molecule has 8 rings (SSSR count). The lowest BCUT2D eigenvalue weighted by molar-refractivity contribution is 0.0697. The van der Waals surface area contributed by atoms with Gasteiger partial charge in [0.05, 0.1) is 5.56 Å². The Morgan fingerprint density at radius 3 is 1.12 bits per heavy atom. The highest BCUT2D eigenvalue weighted by molar-refractivity contribution is 5.90. The number of anilines is 3. The van der Waals surface area contributed by atoms with Crippen molar-refractivity contribution >= 4 is 23.0 Å². The molecule has 0 bridgehead atoms. The first kappa shape index (κ1) is 47.1. The molecule has 0 saturated heterocycles. The van der Waals surface area contributed by atoms with Crippen molar-refractivity contribution in [2.24, 2.45) is 0 Å². The van der Waals surface area contributed by atoms with E-state index in [2.05, 4.69) is 142 Å². The van der Waals surface area contributed by atoms with E-state index in [9.17, 15) is 9.90 Å². The standard InChI is InChI=1S/C63H75NO2/c1-5-9-13-21-41-62(42-22-14-10-6-2)57-27-19-17-25-53(57)55-39-37-51(45-59(55)62)64(50-35-33-48(34-36-50)47-29-31-49(32-30-47)61(65)66)52-38-40-56-54-26-18-20-28-58(54)63(60(56)46-52,43-23-15-11-7-3)44-24-16-12-8-4/h17-20,25-40,45-46H,5-16,21-24,41-44H2,1-4H3,(H,65,66). The van der Waals surface area contributed by atoms with Crippen LogP contribution >= 0.6 is 0 Å². The van der Waals surface area contributed by atoms with Gasteiger partial charge in [0.15, 0.2) is 0 Å². The van der Waals surface area contributed by atoms with Crippen LogP contribution in [-0.2, 0) is 10.8 Å². The van der Waals surface area contributed by atoms with E-state index in [-0.39, 0.29) is 10.8 Å². The molecule has 0 fully saturated rings. The maximum atomic E-state index is 11.7. The van der Waals surface area contributed by atoms with Crippen molar-refractivity contribution in [2.75, 3.05) is 4.90 Å². The number of rotatable bonds is 25. The second kappa shape index (κ2) is 21.9. The van der Waals surface area contributed by atoms with Crippen molar-refractivity contribution < 1.29 is 9.90 Å². The fraction of sp³-hybridized carbons (Fsp3) is 0.413. The number of hydrogen-bond acceptors (Lipinski definition) is 2. The summed E-state index contributed by atoms with van der Waals surface area (Å²) in [6, 6.07) is 49.8. The normalized spacial score (nSPS) is 13.8. The van der Waals surface area contributed by atoms with Crippen molar-refractivity contribution in [3.8, 4) is 33.4 Å². The Hall–Kier alpha value is -5.41. The maximum absolute atomic E-state index is 11.7. The molecule has 0 amide bonds. The van der Waals surface area contributed by atoms with Crippen LogP contribution in [0.5, 0.6) is 0 Å². The van der Waals surface area contributed by atoms with Gasteiger partial charge in [0, 0.05) is 27.9 Å². The topological polar surface area (TPSA) is 40.5 Å². The van der Waals surface area contributed by atoms with E-state index >= 15 is 0 Å². The Morgan fingerprint density at radius 2 is 0.742 bits per heavy atom. The highest BCUT2D eigenvalue weighted by Crippen LogP contribution is 2.58. The first-order chi connectivity index (χ1) is 32.4. The molecule has 1 N–H and O–H groups in total. The van der Waals surface area contributed by atoms with Gasteiger partial charge < -0.3 is 10.0 Å². The molecule has 0 atom stereocenters. The molecule has 66 heavy (non-hydrogen) atoms. The van der Waals surface area contributed by atoms with Crippen molar-refractivity contribution in [3.05, 3.63) is 161 Å². The van der Waals surface area contributed by atoms with Gasteiger partial charge in [-0.3, -0.25) is 0 Å². The minimum Gasteiger partial charge on any atom is -0.478 e. The molecule has 0 heterocycles. The number of unbranched alkanes of at least 4 members (excludes halogenated alkanes) is 12. The molecule has 0 aliphatic heterocycles. The molecule has 3 heteroatoms. The zero-order valence-electron chi connectivity index (χ0n) is 40.6. The summed E-state index contributed by atoms with van der Waals surface area (Å²) in [6.07, 6.45) is 24.9. The molecule has 6 aromatic carbocycles. The predicted octanol–water partition coefficient (Wildman–Crippen LogP) is 18.9. The van der Waals surface area contributed by atoms with E-state index < -0.39 is 5.97 Å². The summed E-state index contributed by atoms with van der Waals surface area (Å²) < 4.78 is 0. The van der Waals surface area contributed by atoms with Crippen LogP contribution in [0.2, 0.25) is 0 Å². The van der Waals surface area contributed by atoms with Gasteiger partial charge in [-0.1, -0.05) is 215 Å². The highest BCUT2D eigenvalue weighted by Gasteiger charge is 2.44. The number of benzene rings is 6. The Balaban J connectivity index is 1.29. The third-order valence-corrected chi connectivity index (χ3v) is 15.4. The molecule has 3 nitrogen and oxygen atoms in total. The zero-order valence-corrected chi connectivity index (χ0v) is 40.6. The number of nitrogens with zero attached hydrogens (tertiary/aromatic N) is 1. The van der Waals surface area contributed by atoms with Crippen LogP contribution in [0.3, 0.4) is 0 Å². The van der Waals surface area contributed by atoms with Crippen LogP contribution in [-0.4, -0.2) is 11.1 Å². The summed E-state index contributed by atoms with van der Waals surface area (Å²) in [5.41, 5.74) is 17.6. The van der Waals surface area contributed by atoms with Crippen molar-refractivity contribution in [1.29, 1.82) is 0 Å². The van der Waals surface area contributed by atoms with E-state index in [0.29, 0.717) is 5.56 Å². The lowest BCUT2D eigenvalue weighted by Crippen LogP contribution is -2.26. The number of hydrogen-bond donors (Lipinski definition) is 1. The number of carboxylic acids is 1. The first-order valence-electron chi connectivity index (χ1n) is 26.1. The van der Waals surface area contributed by atoms with Gasteiger partial charge >= 0.3 is 5.97 Å². The third-order valence-electron chi connectivity index (χ3n) is 15.4. The second-order valence-corrected chi connectivity index (χ2v) is 19.7. The third kappa shape index (κ3) is 9.56. The van der Waals surface area contributed by atoms with Crippen LogP contribution in [0.4, 0.5) is 17.1 Å². The van der Waals surface area contributed by atoms with Crippen LogP contribution in [0.25, 0.3) is 33.4 Å². The minimum absolute atomic E-state index is 0.0211. The summed E-state index contributed by atoms with van der Waals surface area (Å²) in [5, 5.41) is 9.60. The van der Waals surface area contributed by atoms with Gasteiger partial charge in [0.2, 0.25) is 0 Å². The lowest BCUT2D eigenvalue weighted by atomic mass is 9.70. The summed E-state index contributed by atoms with van der Waals surface area (Å²) in [7, 11) is 0. The van der Waals surface area contributed by atoms with Gasteiger partial charge in [-0.2, -0.15) is 0 Å². The molecule has 0 spiro atoms. The van der Waals surface area contributed by atoms with E-state index in [1.165, 1.54) is 184 Å². The number of carbonyl (C=O) groups is 1. The Morgan fingerprint density at radius 1 is 0.394 bits per heavy atom. The molecular weight excluding hydrogens is 803 g/mol.